The quantitative estimate of drug-likeness (QED) is 0.630. The normalized spacial score (nSPS) is 19.9. The van der Waals surface area contributed by atoms with Gasteiger partial charge in [-0.1, -0.05) is 15.9 Å². The number of amides is 2. The van der Waals surface area contributed by atoms with E-state index in [1.54, 1.807) is 6.20 Å². The Morgan fingerprint density at radius 2 is 2.35 bits per heavy atom. The predicted molar refractivity (Wildman–Crippen MR) is 64.5 cm³/mol. The summed E-state index contributed by atoms with van der Waals surface area (Å²) in [6.45, 7) is 0. The van der Waals surface area contributed by atoms with E-state index in [4.69, 9.17) is 0 Å². The fourth-order valence-corrected chi connectivity index (χ4v) is 2.04. The van der Waals surface area contributed by atoms with E-state index in [0.717, 1.165) is 5.56 Å². The average molecular weight is 299 g/mol. The molecule has 7 heteroatoms. The number of nitrogens with one attached hydrogen (secondary N) is 2. The number of halogens is 1. The second-order valence-corrected chi connectivity index (χ2v) is 4.25. The van der Waals surface area contributed by atoms with Crippen LogP contribution in [0.25, 0.3) is 0 Å². The fourth-order valence-electron chi connectivity index (χ4n) is 1.58. The van der Waals surface area contributed by atoms with Crippen molar-refractivity contribution < 1.29 is 9.59 Å². The number of hydrogen-bond donors (Lipinski definition) is 2. The van der Waals surface area contributed by atoms with Gasteiger partial charge in [-0.05, 0) is 12.5 Å². The Labute approximate surface area is 106 Å². The van der Waals surface area contributed by atoms with Gasteiger partial charge in [-0.2, -0.15) is 5.10 Å². The number of hydrogen-bond acceptors (Lipinski definition) is 5. The van der Waals surface area contributed by atoms with Gasteiger partial charge in [0.2, 0.25) is 11.8 Å². The lowest BCUT2D eigenvalue weighted by Crippen LogP contribution is -2.47. The zero-order valence-electron chi connectivity index (χ0n) is 8.94. The Balaban J connectivity index is 2.10. The number of rotatable bonds is 3. The molecule has 1 aliphatic heterocycles. The first-order chi connectivity index (χ1) is 8.20. The van der Waals surface area contributed by atoms with Crippen molar-refractivity contribution in [3.8, 4) is 0 Å². The van der Waals surface area contributed by atoms with Crippen LogP contribution in [-0.2, 0) is 14.9 Å². The van der Waals surface area contributed by atoms with Crippen molar-refractivity contribution in [2.45, 2.75) is 24.2 Å². The largest absolute Gasteiger partial charge is 0.357 e. The molecule has 90 valence electrons. The molecule has 0 aromatic carbocycles. The summed E-state index contributed by atoms with van der Waals surface area (Å²) in [5, 5.41) is 13.6. The summed E-state index contributed by atoms with van der Waals surface area (Å²) in [7, 11) is 0. The topological polar surface area (TPSA) is 84.0 Å². The third kappa shape index (κ3) is 2.79. The molecular formula is C10H11BrN4O2. The van der Waals surface area contributed by atoms with Gasteiger partial charge in [-0.3, -0.25) is 14.9 Å². The monoisotopic (exact) mass is 298 g/mol. The number of nitrogens with zero attached hydrogens (tertiary/aromatic N) is 2. The van der Waals surface area contributed by atoms with Crippen molar-refractivity contribution >= 4 is 33.6 Å². The van der Waals surface area contributed by atoms with Crippen LogP contribution in [0.1, 0.15) is 18.4 Å². The lowest BCUT2D eigenvalue weighted by Gasteiger charge is -2.22. The van der Waals surface area contributed by atoms with Crippen molar-refractivity contribution in [1.82, 2.24) is 15.5 Å². The molecule has 1 aromatic heterocycles. The Kier molecular flexibility index (Phi) is 3.68. The Morgan fingerprint density at radius 1 is 1.53 bits per heavy atom. The molecule has 0 spiro atoms. The van der Waals surface area contributed by atoms with Crippen LogP contribution in [0.3, 0.4) is 0 Å². The molecule has 1 atom stereocenters. The molecule has 2 amide bonds. The van der Waals surface area contributed by atoms with Gasteiger partial charge in [-0.15, -0.1) is 5.10 Å². The van der Waals surface area contributed by atoms with E-state index in [2.05, 4.69) is 36.8 Å². The summed E-state index contributed by atoms with van der Waals surface area (Å²) in [6.07, 6.45) is 2.41. The first-order valence-electron chi connectivity index (χ1n) is 5.17. The zero-order valence-corrected chi connectivity index (χ0v) is 10.5. The van der Waals surface area contributed by atoms with Gasteiger partial charge in [0.05, 0.1) is 6.20 Å². The van der Waals surface area contributed by atoms with Crippen molar-refractivity contribution in [3.05, 3.63) is 17.8 Å². The van der Waals surface area contributed by atoms with E-state index < -0.39 is 6.04 Å². The van der Waals surface area contributed by atoms with Crippen LogP contribution in [0.2, 0.25) is 0 Å². The fraction of sp³-hybridized carbons (Fsp3) is 0.400. The standard InChI is InChI=1S/C10H11BrN4O2/c11-5-6-3-4-12-15-9(6)13-7-1-2-8(16)14-10(7)17/h3-4,7H,1-2,5H2,(H,13,15)(H,14,16,17). The number of piperidine rings is 1. The van der Waals surface area contributed by atoms with E-state index >= 15 is 0 Å². The molecule has 1 aromatic rings. The molecule has 6 nitrogen and oxygen atoms in total. The summed E-state index contributed by atoms with van der Waals surface area (Å²) in [5.74, 6) is 0.0270. The maximum atomic E-state index is 11.6. The molecule has 0 radical (unpaired) electrons. The van der Waals surface area contributed by atoms with E-state index in [-0.39, 0.29) is 11.8 Å². The van der Waals surface area contributed by atoms with Gasteiger partial charge in [-0.25, -0.2) is 0 Å². The van der Waals surface area contributed by atoms with Gasteiger partial charge in [0.15, 0.2) is 5.82 Å². The number of carbonyl (C=O) groups excluding carboxylic acids is 2. The smallest absolute Gasteiger partial charge is 0.249 e. The molecule has 1 fully saturated rings. The molecule has 2 rings (SSSR count). The second kappa shape index (κ2) is 5.22. The first kappa shape index (κ1) is 12.0. The van der Waals surface area contributed by atoms with Gasteiger partial charge >= 0.3 is 0 Å². The van der Waals surface area contributed by atoms with Crippen molar-refractivity contribution in [2.24, 2.45) is 0 Å². The third-order valence-corrected chi connectivity index (χ3v) is 3.10. The lowest BCUT2D eigenvalue weighted by molar-refractivity contribution is -0.133. The van der Waals surface area contributed by atoms with Gasteiger partial charge in [0, 0.05) is 17.3 Å². The molecule has 0 bridgehead atoms. The minimum Gasteiger partial charge on any atom is -0.357 e. The SMILES string of the molecule is O=C1CCC(Nc2nnccc2CBr)C(=O)N1. The number of carbonyl (C=O) groups is 2. The minimum absolute atomic E-state index is 0.229. The predicted octanol–water partition coefficient (Wildman–Crippen LogP) is 0.589. The molecule has 0 saturated carbocycles. The molecule has 2 N–H and O–H groups in total. The first-order valence-corrected chi connectivity index (χ1v) is 6.29. The Hall–Kier alpha value is -1.50. The molecule has 1 aliphatic rings. The van der Waals surface area contributed by atoms with E-state index in [1.807, 2.05) is 6.07 Å². The molecule has 2 heterocycles. The van der Waals surface area contributed by atoms with Gasteiger partial charge in [0.1, 0.15) is 6.04 Å². The van der Waals surface area contributed by atoms with Crippen LogP contribution >= 0.6 is 15.9 Å². The van der Waals surface area contributed by atoms with Gasteiger partial charge in [0.25, 0.3) is 0 Å². The highest BCUT2D eigenvalue weighted by Crippen LogP contribution is 2.17. The van der Waals surface area contributed by atoms with E-state index in [9.17, 15) is 9.59 Å². The summed E-state index contributed by atoms with van der Waals surface area (Å²) >= 11 is 3.34. The van der Waals surface area contributed by atoms with Crippen molar-refractivity contribution in [2.75, 3.05) is 5.32 Å². The highest BCUT2D eigenvalue weighted by Gasteiger charge is 2.27. The van der Waals surface area contributed by atoms with Crippen LogP contribution in [0.5, 0.6) is 0 Å². The molecule has 1 unspecified atom stereocenters. The van der Waals surface area contributed by atoms with Crippen molar-refractivity contribution in [1.29, 1.82) is 0 Å². The minimum atomic E-state index is -0.429. The van der Waals surface area contributed by atoms with Gasteiger partial charge < -0.3 is 5.32 Å². The molecule has 1 saturated heterocycles. The third-order valence-electron chi connectivity index (χ3n) is 2.50. The van der Waals surface area contributed by atoms with E-state index in [1.165, 1.54) is 0 Å². The number of alkyl halides is 1. The molecule has 17 heavy (non-hydrogen) atoms. The summed E-state index contributed by atoms with van der Waals surface area (Å²) < 4.78 is 0. The maximum Gasteiger partial charge on any atom is 0.249 e. The van der Waals surface area contributed by atoms with Crippen molar-refractivity contribution in [3.63, 3.8) is 0 Å². The van der Waals surface area contributed by atoms with Crippen LogP contribution < -0.4 is 10.6 Å². The number of anilines is 1. The van der Waals surface area contributed by atoms with Crippen LogP contribution in [0, 0.1) is 0 Å². The molecular weight excluding hydrogens is 288 g/mol. The van der Waals surface area contributed by atoms with E-state index in [0.29, 0.717) is 24.0 Å². The maximum absolute atomic E-state index is 11.6. The van der Waals surface area contributed by atoms with Crippen LogP contribution in [-0.4, -0.2) is 28.1 Å². The highest BCUT2D eigenvalue weighted by molar-refractivity contribution is 9.08. The van der Waals surface area contributed by atoms with Crippen LogP contribution in [0.4, 0.5) is 5.82 Å². The Morgan fingerprint density at radius 3 is 3.06 bits per heavy atom. The number of aromatic nitrogens is 2. The summed E-state index contributed by atoms with van der Waals surface area (Å²) in [6, 6.07) is 1.39. The number of imide groups is 1. The zero-order chi connectivity index (χ0) is 12.3. The van der Waals surface area contributed by atoms with Crippen LogP contribution in [0.15, 0.2) is 12.3 Å². The summed E-state index contributed by atoms with van der Waals surface area (Å²) in [4.78, 5) is 22.6. The lowest BCUT2D eigenvalue weighted by atomic mass is 10.1. The Bertz CT molecular complexity index is 452. The average Bonchev–Trinajstić information content (AvgIpc) is 2.33. The molecule has 0 aliphatic carbocycles. The summed E-state index contributed by atoms with van der Waals surface area (Å²) in [5.41, 5.74) is 0.921. The highest BCUT2D eigenvalue weighted by atomic mass is 79.9. The second-order valence-electron chi connectivity index (χ2n) is 3.69.